The summed E-state index contributed by atoms with van der Waals surface area (Å²) in [5.41, 5.74) is 2.57. The van der Waals surface area contributed by atoms with E-state index < -0.39 is 6.10 Å². The summed E-state index contributed by atoms with van der Waals surface area (Å²) in [6.07, 6.45) is 5.97. The highest BCUT2D eigenvalue weighted by Crippen LogP contribution is 2.29. The van der Waals surface area contributed by atoms with E-state index >= 15 is 0 Å². The third kappa shape index (κ3) is 7.25. The summed E-state index contributed by atoms with van der Waals surface area (Å²) in [6, 6.07) is 0. The Bertz CT molecular complexity index is 240. The predicted octanol–water partition coefficient (Wildman–Crippen LogP) is 2.65. The Labute approximate surface area is 117 Å². The Morgan fingerprint density at radius 2 is 1.95 bits per heavy atom. The van der Waals surface area contributed by atoms with Crippen molar-refractivity contribution in [1.29, 1.82) is 0 Å². The number of hydrogen-bond donors (Lipinski definition) is 2. The third-order valence-electron chi connectivity index (χ3n) is 3.56. The first-order valence-electron chi connectivity index (χ1n) is 7.63. The lowest BCUT2D eigenvalue weighted by atomic mass is 9.85. The molecule has 2 N–H and O–H groups in total. The summed E-state index contributed by atoms with van der Waals surface area (Å²) in [4.78, 5) is 5.37. The fourth-order valence-corrected chi connectivity index (χ4v) is 2.51. The molecule has 114 valence electrons. The molecule has 1 saturated carbocycles. The molecular weight excluding hydrogens is 242 g/mol. The molecule has 0 heterocycles. The summed E-state index contributed by atoms with van der Waals surface area (Å²) >= 11 is 0. The predicted molar refractivity (Wildman–Crippen MR) is 76.8 cm³/mol. The van der Waals surface area contributed by atoms with Gasteiger partial charge in [0, 0.05) is 6.54 Å². The normalized spacial score (nSPS) is 26.4. The molecule has 4 heteroatoms. The molecule has 0 bridgehead atoms. The first-order valence-corrected chi connectivity index (χ1v) is 7.63. The number of aliphatic hydroxyl groups excluding tert-OH is 1. The van der Waals surface area contributed by atoms with Gasteiger partial charge in [-0.25, -0.2) is 0 Å². The zero-order valence-electron chi connectivity index (χ0n) is 12.9. The molecule has 0 spiro atoms. The van der Waals surface area contributed by atoms with Crippen LogP contribution in [0.4, 0.5) is 0 Å². The molecule has 3 atom stereocenters. The number of ether oxygens (including phenoxy) is 1. The first kappa shape index (κ1) is 16.9. The van der Waals surface area contributed by atoms with Crippen molar-refractivity contribution in [2.75, 3.05) is 13.2 Å². The van der Waals surface area contributed by atoms with Crippen molar-refractivity contribution < 1.29 is 14.7 Å². The van der Waals surface area contributed by atoms with Gasteiger partial charge in [0.05, 0.1) is 24.4 Å². The smallest absolute Gasteiger partial charge is 0.0921 e. The Morgan fingerprint density at radius 3 is 2.58 bits per heavy atom. The second-order valence-electron chi connectivity index (χ2n) is 6.54. The van der Waals surface area contributed by atoms with E-state index in [-0.39, 0.29) is 5.60 Å². The van der Waals surface area contributed by atoms with Crippen LogP contribution in [-0.4, -0.2) is 36.1 Å². The van der Waals surface area contributed by atoms with Gasteiger partial charge >= 0.3 is 0 Å². The molecule has 0 aromatic carbocycles. The van der Waals surface area contributed by atoms with Crippen LogP contribution in [0.25, 0.3) is 0 Å². The Morgan fingerprint density at radius 1 is 1.26 bits per heavy atom. The molecule has 1 aliphatic rings. The second-order valence-corrected chi connectivity index (χ2v) is 6.54. The minimum atomic E-state index is -0.512. The fraction of sp³-hybridized carbons (Fsp3) is 1.00. The summed E-state index contributed by atoms with van der Waals surface area (Å²) in [6.45, 7) is 8.92. The number of nitrogens with one attached hydrogen (secondary N) is 1. The molecular formula is C15H31NO3. The van der Waals surface area contributed by atoms with E-state index in [0.29, 0.717) is 25.2 Å². The molecule has 19 heavy (non-hydrogen) atoms. The van der Waals surface area contributed by atoms with Crippen LogP contribution in [0.5, 0.6) is 0 Å². The van der Waals surface area contributed by atoms with Gasteiger partial charge in [0.15, 0.2) is 0 Å². The Hall–Kier alpha value is -0.160. The summed E-state index contributed by atoms with van der Waals surface area (Å²) < 4.78 is 5.89. The number of hydrogen-bond acceptors (Lipinski definition) is 4. The average molecular weight is 273 g/mol. The van der Waals surface area contributed by atoms with E-state index in [1.807, 2.05) is 20.8 Å². The van der Waals surface area contributed by atoms with Crippen LogP contribution in [0.1, 0.15) is 59.8 Å². The van der Waals surface area contributed by atoms with Crippen molar-refractivity contribution in [3.05, 3.63) is 0 Å². The van der Waals surface area contributed by atoms with Crippen molar-refractivity contribution in [2.24, 2.45) is 5.92 Å². The fourth-order valence-electron chi connectivity index (χ4n) is 2.51. The van der Waals surface area contributed by atoms with Crippen molar-refractivity contribution >= 4 is 0 Å². The maximum absolute atomic E-state index is 9.87. The topological polar surface area (TPSA) is 50.7 Å². The molecule has 4 nitrogen and oxygen atoms in total. The summed E-state index contributed by atoms with van der Waals surface area (Å²) in [7, 11) is 0. The molecule has 1 aliphatic carbocycles. The molecule has 0 aromatic heterocycles. The standard InChI is InChI=1S/C15H31NO3/c1-5-12-8-6-7-9-14(12)18-11-13(17)10-16-19-15(2,3)4/h12-14,16-17H,5-11H2,1-4H3. The lowest BCUT2D eigenvalue weighted by Crippen LogP contribution is -2.38. The van der Waals surface area contributed by atoms with Crippen LogP contribution in [0.15, 0.2) is 0 Å². The van der Waals surface area contributed by atoms with Gasteiger partial charge in [-0.05, 0) is 39.5 Å². The minimum Gasteiger partial charge on any atom is -0.389 e. The second kappa shape index (κ2) is 8.20. The van der Waals surface area contributed by atoms with Gasteiger partial charge in [0.2, 0.25) is 0 Å². The number of aliphatic hydroxyl groups is 1. The Kier molecular flexibility index (Phi) is 7.29. The van der Waals surface area contributed by atoms with E-state index in [4.69, 9.17) is 9.57 Å². The van der Waals surface area contributed by atoms with Gasteiger partial charge in [-0.3, -0.25) is 4.84 Å². The number of rotatable bonds is 7. The Balaban J connectivity index is 2.16. The van der Waals surface area contributed by atoms with E-state index in [2.05, 4.69) is 12.4 Å². The van der Waals surface area contributed by atoms with Crippen molar-refractivity contribution in [1.82, 2.24) is 5.48 Å². The van der Waals surface area contributed by atoms with Gasteiger partial charge in [-0.1, -0.05) is 26.2 Å². The first-order chi connectivity index (χ1) is 8.92. The molecule has 1 fully saturated rings. The molecule has 0 aliphatic heterocycles. The van der Waals surface area contributed by atoms with Crippen LogP contribution in [-0.2, 0) is 9.57 Å². The molecule has 0 aromatic rings. The summed E-state index contributed by atoms with van der Waals surface area (Å²) in [5.74, 6) is 0.666. The van der Waals surface area contributed by atoms with Crippen molar-refractivity contribution in [3.8, 4) is 0 Å². The van der Waals surface area contributed by atoms with Gasteiger partial charge in [0.25, 0.3) is 0 Å². The quantitative estimate of drug-likeness (QED) is 0.700. The monoisotopic (exact) mass is 273 g/mol. The van der Waals surface area contributed by atoms with E-state index in [1.54, 1.807) is 0 Å². The maximum Gasteiger partial charge on any atom is 0.0921 e. The maximum atomic E-state index is 9.87. The highest BCUT2D eigenvalue weighted by atomic mass is 16.7. The van der Waals surface area contributed by atoms with Crippen LogP contribution in [0.2, 0.25) is 0 Å². The van der Waals surface area contributed by atoms with Crippen LogP contribution in [0.3, 0.4) is 0 Å². The van der Waals surface area contributed by atoms with Gasteiger partial charge in [0.1, 0.15) is 0 Å². The molecule has 0 saturated heterocycles. The largest absolute Gasteiger partial charge is 0.389 e. The third-order valence-corrected chi connectivity index (χ3v) is 3.56. The van der Waals surface area contributed by atoms with Crippen LogP contribution < -0.4 is 5.48 Å². The lowest BCUT2D eigenvalue weighted by molar-refractivity contribution is -0.0988. The van der Waals surface area contributed by atoms with Gasteiger partial charge in [-0.2, -0.15) is 5.48 Å². The van der Waals surface area contributed by atoms with E-state index in [1.165, 1.54) is 25.7 Å². The van der Waals surface area contributed by atoms with Gasteiger partial charge < -0.3 is 9.84 Å². The van der Waals surface area contributed by atoms with Crippen molar-refractivity contribution in [3.63, 3.8) is 0 Å². The van der Waals surface area contributed by atoms with Crippen molar-refractivity contribution in [2.45, 2.75) is 77.6 Å². The average Bonchev–Trinajstić information content (AvgIpc) is 2.35. The molecule has 1 rings (SSSR count). The highest BCUT2D eigenvalue weighted by Gasteiger charge is 2.24. The highest BCUT2D eigenvalue weighted by molar-refractivity contribution is 4.75. The van der Waals surface area contributed by atoms with E-state index in [0.717, 1.165) is 6.42 Å². The molecule has 0 radical (unpaired) electrons. The van der Waals surface area contributed by atoms with Crippen LogP contribution in [0, 0.1) is 5.92 Å². The zero-order valence-corrected chi connectivity index (χ0v) is 12.9. The van der Waals surface area contributed by atoms with Crippen LogP contribution >= 0.6 is 0 Å². The lowest BCUT2D eigenvalue weighted by Gasteiger charge is -2.31. The summed E-state index contributed by atoms with van der Waals surface area (Å²) in [5, 5.41) is 9.87. The molecule has 3 unspecified atom stereocenters. The minimum absolute atomic E-state index is 0.239. The zero-order chi connectivity index (χ0) is 14.3. The van der Waals surface area contributed by atoms with E-state index in [9.17, 15) is 5.11 Å². The SMILES string of the molecule is CCC1CCCCC1OCC(O)CNOC(C)(C)C. The molecule has 0 amide bonds. The number of hydroxylamine groups is 1. The van der Waals surface area contributed by atoms with Gasteiger partial charge in [-0.15, -0.1) is 0 Å².